The van der Waals surface area contributed by atoms with E-state index in [1.807, 2.05) is 0 Å². The maximum atomic E-state index is 11.2. The van der Waals surface area contributed by atoms with E-state index >= 15 is 0 Å². The van der Waals surface area contributed by atoms with Crippen LogP contribution in [-0.4, -0.2) is 14.5 Å². The smallest absolute Gasteiger partial charge is 0.330 e. The van der Waals surface area contributed by atoms with Crippen LogP contribution in [0.25, 0.3) is 10.2 Å². The molecule has 2 aromatic rings. The summed E-state index contributed by atoms with van der Waals surface area (Å²) in [7, 11) is -1.46. The molecule has 0 aliphatic carbocycles. The molecular weight excluding hydrogens is 192 g/mol. The molecule has 5 nitrogen and oxygen atoms in total. The number of non-ortho nitro benzene ring substituents is 1. The first-order chi connectivity index (χ1) is 6.20. The van der Waals surface area contributed by atoms with Crippen LogP contribution in [0, 0.1) is 10.1 Å². The van der Waals surface area contributed by atoms with Gasteiger partial charge in [0.1, 0.15) is 5.52 Å². The molecule has 66 valence electrons. The summed E-state index contributed by atoms with van der Waals surface area (Å²) in [6, 6.07) is 4.45. The van der Waals surface area contributed by atoms with Crippen LogP contribution in [0.15, 0.2) is 23.7 Å². The second-order valence-corrected chi connectivity index (χ2v) is 3.63. The van der Waals surface area contributed by atoms with Crippen LogP contribution in [0.5, 0.6) is 0 Å². The van der Waals surface area contributed by atoms with Crippen molar-refractivity contribution in [1.29, 1.82) is 0 Å². The molecule has 13 heavy (non-hydrogen) atoms. The minimum absolute atomic E-state index is 0.131. The van der Waals surface area contributed by atoms with Crippen molar-refractivity contribution < 1.29 is 9.48 Å². The fourth-order valence-corrected chi connectivity index (χ4v) is 2.11. The molecular formula is C7H4N2O3S. The lowest BCUT2D eigenvalue weighted by Gasteiger charge is -1.90. The number of rotatable bonds is 1. The second kappa shape index (κ2) is 2.75. The van der Waals surface area contributed by atoms with E-state index in [2.05, 4.69) is 4.98 Å². The summed E-state index contributed by atoms with van der Waals surface area (Å²) in [5.41, 5.74) is 1.50. The summed E-state index contributed by atoms with van der Waals surface area (Å²) >= 11 is 0. The molecule has 0 radical (unpaired) electrons. The van der Waals surface area contributed by atoms with E-state index in [-0.39, 0.29) is 10.4 Å². The van der Waals surface area contributed by atoms with E-state index in [4.69, 9.17) is 0 Å². The first-order valence-corrected chi connectivity index (χ1v) is 4.63. The molecule has 0 spiro atoms. The lowest BCUT2D eigenvalue weighted by molar-refractivity contribution is -0.382. The highest BCUT2D eigenvalue weighted by atomic mass is 32.2. The Morgan fingerprint density at radius 1 is 1.46 bits per heavy atom. The molecule has 6 heteroatoms. The molecule has 0 aliphatic heterocycles. The highest BCUT2D eigenvalue weighted by molar-refractivity contribution is 7.30. The van der Waals surface area contributed by atoms with Gasteiger partial charge in [-0.25, -0.2) is 0 Å². The molecule has 2 rings (SSSR count). The van der Waals surface area contributed by atoms with E-state index in [9.17, 15) is 14.7 Å². The molecule has 0 saturated carbocycles. The van der Waals surface area contributed by atoms with E-state index in [0.29, 0.717) is 5.52 Å². The zero-order valence-electron chi connectivity index (χ0n) is 6.34. The number of benzene rings is 1. The molecule has 0 saturated heterocycles. The van der Waals surface area contributed by atoms with Crippen molar-refractivity contribution >= 4 is 26.7 Å². The van der Waals surface area contributed by atoms with Crippen LogP contribution in [0.4, 0.5) is 5.69 Å². The molecule has 0 aliphatic rings. The number of nitrogens with zero attached hydrogens (tertiary/aromatic N) is 2. The van der Waals surface area contributed by atoms with E-state index < -0.39 is 15.7 Å². The predicted molar refractivity (Wildman–Crippen MR) is 47.1 cm³/mol. The van der Waals surface area contributed by atoms with E-state index in [1.165, 1.54) is 17.6 Å². The maximum absolute atomic E-state index is 11.2. The van der Waals surface area contributed by atoms with E-state index in [0.717, 1.165) is 0 Å². The van der Waals surface area contributed by atoms with Crippen LogP contribution in [-0.2, 0) is 0 Å². The van der Waals surface area contributed by atoms with Crippen molar-refractivity contribution in [3.63, 3.8) is 0 Å². The normalized spacial score (nSPS) is 11.9. The van der Waals surface area contributed by atoms with Gasteiger partial charge in [0.2, 0.25) is 5.51 Å². The van der Waals surface area contributed by atoms with Gasteiger partial charge in [-0.3, -0.25) is 10.1 Å². The SMILES string of the molecule is O=[N+]([O-])c1cccc2nc[s+]([O-])c12. The van der Waals surface area contributed by atoms with Gasteiger partial charge in [-0.1, -0.05) is 6.07 Å². The van der Waals surface area contributed by atoms with Crippen LogP contribution in [0.3, 0.4) is 0 Å². The van der Waals surface area contributed by atoms with Gasteiger partial charge in [-0.05, 0) is 16.8 Å². The highest BCUT2D eigenvalue weighted by Crippen LogP contribution is 2.33. The zero-order valence-corrected chi connectivity index (χ0v) is 7.15. The first kappa shape index (κ1) is 8.09. The highest BCUT2D eigenvalue weighted by Gasteiger charge is 2.20. The van der Waals surface area contributed by atoms with Crippen molar-refractivity contribution in [2.75, 3.05) is 0 Å². The zero-order chi connectivity index (χ0) is 9.42. The van der Waals surface area contributed by atoms with Crippen LogP contribution >= 0.6 is 10.8 Å². The predicted octanol–water partition coefficient (Wildman–Crippen LogP) is 1.87. The van der Waals surface area contributed by atoms with Crippen molar-refractivity contribution in [1.82, 2.24) is 4.98 Å². The standard InChI is InChI=1S/C7H4N2O3S/c10-9(11)6-3-1-2-5-7(6)13(12)4-8-5/h1-4H. The van der Waals surface area contributed by atoms with Crippen molar-refractivity contribution in [3.05, 3.63) is 33.8 Å². The lowest BCUT2D eigenvalue weighted by atomic mass is 10.3. The average Bonchev–Trinajstić information content (AvgIpc) is 2.48. The Hall–Kier alpha value is -1.53. The topological polar surface area (TPSA) is 79.1 Å². The third kappa shape index (κ3) is 1.16. The largest absolute Gasteiger partial charge is 0.589 e. The van der Waals surface area contributed by atoms with Crippen LogP contribution in [0.2, 0.25) is 0 Å². The Labute approximate surface area is 75.6 Å². The summed E-state index contributed by atoms with van der Waals surface area (Å²) in [6.45, 7) is 0. The number of hydrogen-bond donors (Lipinski definition) is 0. The molecule has 1 atom stereocenters. The lowest BCUT2D eigenvalue weighted by Crippen LogP contribution is -1.87. The molecule has 1 heterocycles. The van der Waals surface area contributed by atoms with E-state index in [1.54, 1.807) is 6.07 Å². The summed E-state index contributed by atoms with van der Waals surface area (Å²) in [4.78, 5) is 13.8. The van der Waals surface area contributed by atoms with Crippen molar-refractivity contribution in [3.8, 4) is 0 Å². The van der Waals surface area contributed by atoms with Gasteiger partial charge in [0.15, 0.2) is 0 Å². The average molecular weight is 196 g/mol. The third-order valence-corrected chi connectivity index (χ3v) is 2.78. The maximum Gasteiger partial charge on any atom is 0.330 e. The molecule has 1 aromatic heterocycles. The van der Waals surface area contributed by atoms with Gasteiger partial charge in [0, 0.05) is 6.07 Å². The number of thiazole rings is 1. The Bertz CT molecular complexity index is 480. The third-order valence-electron chi connectivity index (χ3n) is 1.66. The number of nitro benzene ring substituents is 1. The first-order valence-electron chi connectivity index (χ1n) is 3.42. The Kier molecular flexibility index (Phi) is 1.71. The summed E-state index contributed by atoms with van der Waals surface area (Å²) in [6.07, 6.45) is 0. The molecule has 0 fully saturated rings. The second-order valence-electron chi connectivity index (χ2n) is 2.41. The molecule has 0 amide bonds. The Morgan fingerprint density at radius 3 is 2.92 bits per heavy atom. The monoisotopic (exact) mass is 196 g/mol. The number of aromatic nitrogens is 1. The van der Waals surface area contributed by atoms with Crippen molar-refractivity contribution in [2.45, 2.75) is 0 Å². The van der Waals surface area contributed by atoms with Gasteiger partial charge in [0.25, 0.3) is 4.70 Å². The quantitative estimate of drug-likeness (QED) is 0.396. The minimum Gasteiger partial charge on any atom is -0.589 e. The Balaban J connectivity index is 2.88. The molecule has 0 bridgehead atoms. The molecule has 0 N–H and O–H groups in total. The van der Waals surface area contributed by atoms with Crippen molar-refractivity contribution in [2.24, 2.45) is 0 Å². The van der Waals surface area contributed by atoms with Gasteiger partial charge in [-0.2, -0.15) is 4.98 Å². The van der Waals surface area contributed by atoms with Gasteiger partial charge < -0.3 is 4.55 Å². The fourth-order valence-electron chi connectivity index (χ4n) is 1.12. The molecule has 1 aromatic carbocycles. The summed E-state index contributed by atoms with van der Waals surface area (Å²) < 4.78 is 11.4. The van der Waals surface area contributed by atoms with Gasteiger partial charge in [0.05, 0.1) is 4.92 Å². The Morgan fingerprint density at radius 2 is 2.23 bits per heavy atom. The van der Waals surface area contributed by atoms with Gasteiger partial charge >= 0.3 is 5.69 Å². The molecule has 1 unspecified atom stereocenters. The number of fused-ring (bicyclic) bond motifs is 1. The minimum atomic E-state index is -1.46. The number of hydrogen-bond acceptors (Lipinski definition) is 4. The fraction of sp³-hybridized carbons (Fsp3) is 0. The van der Waals surface area contributed by atoms with Gasteiger partial charge in [-0.15, -0.1) is 0 Å². The number of nitro groups is 1. The summed E-state index contributed by atoms with van der Waals surface area (Å²) in [5, 5.41) is 10.5. The van der Waals surface area contributed by atoms with Crippen LogP contribution < -0.4 is 0 Å². The summed E-state index contributed by atoms with van der Waals surface area (Å²) in [5.74, 6) is 0. The van der Waals surface area contributed by atoms with Crippen LogP contribution in [0.1, 0.15) is 0 Å².